The van der Waals surface area contributed by atoms with Gasteiger partial charge in [-0.15, -0.1) is 11.3 Å². The van der Waals surface area contributed by atoms with Crippen LogP contribution in [0.5, 0.6) is 0 Å². The first kappa shape index (κ1) is 12.9. The molecule has 2 heterocycles. The molecule has 18 heavy (non-hydrogen) atoms. The number of pyridine rings is 1. The van der Waals surface area contributed by atoms with E-state index in [-0.39, 0.29) is 5.97 Å². The molecule has 0 unspecified atom stereocenters. The molecule has 0 aliphatic rings. The first-order chi connectivity index (χ1) is 8.69. The third kappa shape index (κ3) is 3.21. The van der Waals surface area contributed by atoms with E-state index in [4.69, 9.17) is 11.6 Å². The first-order valence-corrected chi connectivity index (χ1v) is 6.40. The Balaban J connectivity index is 1.98. The number of aromatic nitrogens is 1. The van der Waals surface area contributed by atoms with Gasteiger partial charge in [0.25, 0.3) is 0 Å². The summed E-state index contributed by atoms with van der Waals surface area (Å²) in [5, 5.41) is 3.77. The fourth-order valence-corrected chi connectivity index (χ4v) is 2.42. The third-order valence-electron chi connectivity index (χ3n) is 2.22. The molecule has 0 atom stereocenters. The molecule has 0 aromatic carbocycles. The Bertz CT molecular complexity index is 557. The zero-order chi connectivity index (χ0) is 13.0. The Morgan fingerprint density at radius 3 is 3.06 bits per heavy atom. The van der Waals surface area contributed by atoms with Crippen LogP contribution in [0.4, 0.5) is 5.69 Å². The number of ether oxygens (including phenoxy) is 1. The molecule has 0 bridgehead atoms. The number of nitrogens with one attached hydrogen (secondary N) is 1. The Hall–Kier alpha value is -1.59. The van der Waals surface area contributed by atoms with Gasteiger partial charge in [-0.05, 0) is 18.2 Å². The zero-order valence-corrected chi connectivity index (χ0v) is 11.2. The molecule has 4 nitrogen and oxygen atoms in total. The zero-order valence-electron chi connectivity index (χ0n) is 9.64. The lowest BCUT2D eigenvalue weighted by atomic mass is 10.4. The van der Waals surface area contributed by atoms with Gasteiger partial charge in [0.05, 0.1) is 24.0 Å². The molecule has 0 radical (unpaired) electrons. The van der Waals surface area contributed by atoms with Crippen molar-refractivity contribution < 1.29 is 9.53 Å². The molecule has 6 heteroatoms. The third-order valence-corrected chi connectivity index (χ3v) is 3.49. The van der Waals surface area contributed by atoms with Crippen LogP contribution in [-0.2, 0) is 11.3 Å². The summed E-state index contributed by atoms with van der Waals surface area (Å²) in [4.78, 5) is 16.9. The van der Waals surface area contributed by atoms with Gasteiger partial charge >= 0.3 is 5.97 Å². The van der Waals surface area contributed by atoms with E-state index >= 15 is 0 Å². The number of hydrogen-bond acceptors (Lipinski definition) is 5. The van der Waals surface area contributed by atoms with Gasteiger partial charge in [0.2, 0.25) is 0 Å². The van der Waals surface area contributed by atoms with Crippen LogP contribution >= 0.6 is 22.9 Å². The SMILES string of the molecule is COC(=O)c1ccc(CNc2cncc(Cl)c2)s1. The van der Waals surface area contributed by atoms with Crippen LogP contribution in [0.2, 0.25) is 5.02 Å². The van der Waals surface area contributed by atoms with Crippen molar-refractivity contribution >= 4 is 34.6 Å². The van der Waals surface area contributed by atoms with Gasteiger partial charge in [0.15, 0.2) is 0 Å². The minimum atomic E-state index is -0.310. The highest BCUT2D eigenvalue weighted by molar-refractivity contribution is 7.13. The van der Waals surface area contributed by atoms with Crippen LogP contribution in [0, 0.1) is 0 Å². The number of carbonyl (C=O) groups is 1. The van der Waals surface area contributed by atoms with Gasteiger partial charge in [-0.1, -0.05) is 11.6 Å². The van der Waals surface area contributed by atoms with Gasteiger partial charge in [-0.2, -0.15) is 0 Å². The summed E-state index contributed by atoms with van der Waals surface area (Å²) in [7, 11) is 1.37. The largest absolute Gasteiger partial charge is 0.465 e. The van der Waals surface area contributed by atoms with Gasteiger partial charge < -0.3 is 10.1 Å². The van der Waals surface area contributed by atoms with E-state index in [0.29, 0.717) is 16.4 Å². The van der Waals surface area contributed by atoms with Gasteiger partial charge in [-0.25, -0.2) is 4.79 Å². The number of anilines is 1. The van der Waals surface area contributed by atoms with E-state index < -0.39 is 0 Å². The molecular weight excluding hydrogens is 272 g/mol. The molecule has 0 saturated heterocycles. The van der Waals surface area contributed by atoms with Crippen LogP contribution in [0.15, 0.2) is 30.6 Å². The normalized spacial score (nSPS) is 10.1. The molecule has 0 aliphatic carbocycles. The van der Waals surface area contributed by atoms with Crippen molar-refractivity contribution in [3.8, 4) is 0 Å². The molecule has 2 aromatic heterocycles. The lowest BCUT2D eigenvalue weighted by molar-refractivity contribution is 0.0606. The summed E-state index contributed by atoms with van der Waals surface area (Å²) in [5.41, 5.74) is 0.843. The molecule has 0 saturated carbocycles. The van der Waals surface area contributed by atoms with Crippen LogP contribution in [0.3, 0.4) is 0 Å². The lowest BCUT2D eigenvalue weighted by Crippen LogP contribution is -1.98. The van der Waals surface area contributed by atoms with Crippen molar-refractivity contribution in [1.29, 1.82) is 0 Å². The van der Waals surface area contributed by atoms with Gasteiger partial charge in [-0.3, -0.25) is 4.98 Å². The van der Waals surface area contributed by atoms with Crippen molar-refractivity contribution in [3.63, 3.8) is 0 Å². The second kappa shape index (κ2) is 5.84. The Labute approximate surface area is 114 Å². The number of rotatable bonds is 4. The summed E-state index contributed by atoms with van der Waals surface area (Å²) < 4.78 is 4.65. The maximum Gasteiger partial charge on any atom is 0.348 e. The van der Waals surface area contributed by atoms with E-state index in [2.05, 4.69) is 15.0 Å². The lowest BCUT2D eigenvalue weighted by Gasteiger charge is -2.03. The minimum absolute atomic E-state index is 0.310. The molecule has 94 valence electrons. The number of methoxy groups -OCH3 is 1. The summed E-state index contributed by atoms with van der Waals surface area (Å²) in [6.07, 6.45) is 3.27. The summed E-state index contributed by atoms with van der Waals surface area (Å²) in [6.45, 7) is 0.615. The van der Waals surface area contributed by atoms with Crippen molar-refractivity contribution in [1.82, 2.24) is 4.98 Å². The van der Waals surface area contributed by atoms with Crippen LogP contribution in [0.1, 0.15) is 14.5 Å². The maximum atomic E-state index is 11.3. The van der Waals surface area contributed by atoms with Crippen molar-refractivity contribution in [3.05, 3.63) is 45.4 Å². The highest BCUT2D eigenvalue weighted by atomic mass is 35.5. The number of nitrogens with zero attached hydrogens (tertiary/aromatic N) is 1. The maximum absolute atomic E-state index is 11.3. The first-order valence-electron chi connectivity index (χ1n) is 5.20. The van der Waals surface area contributed by atoms with Crippen LogP contribution in [0.25, 0.3) is 0 Å². The molecule has 0 spiro atoms. The van der Waals surface area contributed by atoms with Crippen LogP contribution < -0.4 is 5.32 Å². The molecule has 1 N–H and O–H groups in total. The number of esters is 1. The van der Waals surface area contributed by atoms with Gasteiger partial charge in [0.1, 0.15) is 4.88 Å². The molecule has 0 amide bonds. The Morgan fingerprint density at radius 2 is 2.33 bits per heavy atom. The Morgan fingerprint density at radius 1 is 1.50 bits per heavy atom. The quantitative estimate of drug-likeness (QED) is 0.875. The molecule has 0 aliphatic heterocycles. The fraction of sp³-hybridized carbons (Fsp3) is 0.167. The molecule has 0 fully saturated rings. The van der Waals surface area contributed by atoms with Crippen LogP contribution in [-0.4, -0.2) is 18.1 Å². The van der Waals surface area contributed by atoms with E-state index in [9.17, 15) is 4.79 Å². The van der Waals surface area contributed by atoms with E-state index in [0.717, 1.165) is 10.6 Å². The topological polar surface area (TPSA) is 51.2 Å². The smallest absolute Gasteiger partial charge is 0.348 e. The monoisotopic (exact) mass is 282 g/mol. The number of halogens is 1. The summed E-state index contributed by atoms with van der Waals surface area (Å²) >= 11 is 7.23. The molecule has 2 aromatic rings. The highest BCUT2D eigenvalue weighted by Crippen LogP contribution is 2.19. The summed E-state index contributed by atoms with van der Waals surface area (Å²) in [5.74, 6) is -0.310. The predicted molar refractivity (Wildman–Crippen MR) is 72.2 cm³/mol. The van der Waals surface area contributed by atoms with E-state index in [1.165, 1.54) is 18.4 Å². The Kier molecular flexibility index (Phi) is 4.17. The van der Waals surface area contributed by atoms with E-state index in [1.54, 1.807) is 24.5 Å². The van der Waals surface area contributed by atoms with Crippen molar-refractivity contribution in [2.24, 2.45) is 0 Å². The molecular formula is C12H11ClN2O2S. The van der Waals surface area contributed by atoms with Crippen molar-refractivity contribution in [2.75, 3.05) is 12.4 Å². The number of carbonyl (C=O) groups excluding carboxylic acids is 1. The predicted octanol–water partition coefficient (Wildman–Crippen LogP) is 3.20. The fourth-order valence-electron chi connectivity index (χ4n) is 1.38. The second-order valence-corrected chi connectivity index (χ2v) is 5.11. The standard InChI is InChI=1S/C12H11ClN2O2S/c1-17-12(16)11-3-2-10(18-11)7-15-9-4-8(13)5-14-6-9/h2-6,15H,7H2,1H3. The number of thiophene rings is 1. The number of hydrogen-bond donors (Lipinski definition) is 1. The van der Waals surface area contributed by atoms with Gasteiger partial charge in [0, 0.05) is 17.6 Å². The van der Waals surface area contributed by atoms with E-state index in [1.807, 2.05) is 6.07 Å². The second-order valence-electron chi connectivity index (χ2n) is 3.50. The summed E-state index contributed by atoms with van der Waals surface area (Å²) in [6, 6.07) is 5.44. The molecule has 2 rings (SSSR count). The van der Waals surface area contributed by atoms with Crippen molar-refractivity contribution in [2.45, 2.75) is 6.54 Å². The average Bonchev–Trinajstić information content (AvgIpc) is 2.84. The highest BCUT2D eigenvalue weighted by Gasteiger charge is 2.08. The minimum Gasteiger partial charge on any atom is -0.465 e. The average molecular weight is 283 g/mol.